The van der Waals surface area contributed by atoms with E-state index in [0.717, 1.165) is 38.5 Å². The number of aliphatic hydroxyl groups excluding tert-OH is 4. The van der Waals surface area contributed by atoms with Crippen LogP contribution in [0, 0.1) is 0 Å². The second-order valence-corrected chi connectivity index (χ2v) is 16.8. The monoisotopic (exact) mass is 754 g/mol. The van der Waals surface area contributed by atoms with Crippen LogP contribution in [-0.2, 0) is 4.79 Å². The summed E-state index contributed by atoms with van der Waals surface area (Å²) >= 11 is 0. The molecule has 6 heteroatoms. The molecule has 0 bridgehead atoms. The highest BCUT2D eigenvalue weighted by molar-refractivity contribution is 5.80. The van der Waals surface area contributed by atoms with Crippen molar-refractivity contribution in [3.8, 4) is 0 Å². The van der Waals surface area contributed by atoms with Crippen LogP contribution >= 0.6 is 0 Å². The van der Waals surface area contributed by atoms with Crippen molar-refractivity contribution in [1.82, 2.24) is 5.32 Å². The molecular weight excluding hydrogens is 659 g/mol. The maximum atomic E-state index is 12.5. The first kappa shape index (κ1) is 52.3. The number of rotatable bonds is 44. The van der Waals surface area contributed by atoms with E-state index in [0.29, 0.717) is 12.8 Å². The van der Waals surface area contributed by atoms with Crippen LogP contribution in [0.1, 0.15) is 264 Å². The molecular formula is C47H95NO5. The number of hydrogen-bond acceptors (Lipinski definition) is 5. The van der Waals surface area contributed by atoms with E-state index in [1.807, 2.05) is 0 Å². The fourth-order valence-corrected chi connectivity index (χ4v) is 7.76. The highest BCUT2D eigenvalue weighted by Gasteiger charge is 2.28. The lowest BCUT2D eigenvalue weighted by atomic mass is 9.99. The summed E-state index contributed by atoms with van der Waals surface area (Å²) in [5.74, 6) is -0.578. The first-order chi connectivity index (χ1) is 26.0. The van der Waals surface area contributed by atoms with Gasteiger partial charge in [0.1, 0.15) is 12.2 Å². The first-order valence-electron chi connectivity index (χ1n) is 23.9. The van der Waals surface area contributed by atoms with Crippen molar-refractivity contribution in [1.29, 1.82) is 0 Å². The Balaban J connectivity index is 3.66. The summed E-state index contributed by atoms with van der Waals surface area (Å²) in [5.41, 5.74) is 0. The van der Waals surface area contributed by atoms with Gasteiger partial charge in [-0.2, -0.15) is 0 Å². The van der Waals surface area contributed by atoms with Gasteiger partial charge in [0.2, 0.25) is 5.91 Å². The maximum absolute atomic E-state index is 12.5. The number of aliphatic hydroxyl groups is 4. The highest BCUT2D eigenvalue weighted by Crippen LogP contribution is 2.18. The molecule has 318 valence electrons. The number of hydrogen-bond donors (Lipinski definition) is 5. The Labute approximate surface area is 330 Å². The molecule has 0 heterocycles. The van der Waals surface area contributed by atoms with Crippen molar-refractivity contribution >= 4 is 5.91 Å². The van der Waals surface area contributed by atoms with Gasteiger partial charge in [0.05, 0.1) is 18.8 Å². The van der Waals surface area contributed by atoms with Gasteiger partial charge in [-0.05, 0) is 12.8 Å². The lowest BCUT2D eigenvalue weighted by Crippen LogP contribution is -2.53. The molecule has 4 unspecified atom stereocenters. The number of carbonyl (C=O) groups excluding carboxylic acids is 1. The van der Waals surface area contributed by atoms with Crippen LogP contribution in [0.3, 0.4) is 0 Å². The van der Waals surface area contributed by atoms with Crippen LogP contribution in [0.2, 0.25) is 0 Å². The SMILES string of the molecule is CCCCCCCCCCCCCCCCCCCCCCC(O)C(O)C(CO)NC(=O)C(O)CCCCCCCCCCCCCCCCCCC. The smallest absolute Gasteiger partial charge is 0.249 e. The molecule has 0 spiro atoms. The van der Waals surface area contributed by atoms with Gasteiger partial charge in [-0.15, -0.1) is 0 Å². The Kier molecular flexibility index (Phi) is 41.9. The third kappa shape index (κ3) is 36.7. The molecule has 0 aromatic carbocycles. The molecule has 6 nitrogen and oxygen atoms in total. The zero-order chi connectivity index (χ0) is 38.9. The molecule has 0 aliphatic carbocycles. The number of unbranched alkanes of at least 4 members (excludes halogenated alkanes) is 35. The van der Waals surface area contributed by atoms with Gasteiger partial charge in [0.25, 0.3) is 0 Å². The largest absolute Gasteiger partial charge is 0.394 e. The molecule has 0 rings (SSSR count). The van der Waals surface area contributed by atoms with E-state index in [4.69, 9.17) is 0 Å². The Morgan fingerprint density at radius 1 is 0.396 bits per heavy atom. The van der Waals surface area contributed by atoms with E-state index >= 15 is 0 Å². The Morgan fingerprint density at radius 2 is 0.642 bits per heavy atom. The average molecular weight is 754 g/mol. The minimum Gasteiger partial charge on any atom is -0.394 e. The second kappa shape index (κ2) is 42.5. The topological polar surface area (TPSA) is 110 Å². The Hall–Kier alpha value is -0.690. The molecule has 1 amide bonds. The van der Waals surface area contributed by atoms with Crippen molar-refractivity contribution in [2.75, 3.05) is 6.61 Å². The minimum atomic E-state index is -1.25. The van der Waals surface area contributed by atoms with Crippen molar-refractivity contribution in [3.63, 3.8) is 0 Å². The molecule has 0 radical (unpaired) electrons. The number of amides is 1. The van der Waals surface area contributed by atoms with Gasteiger partial charge in [0.15, 0.2) is 0 Å². The molecule has 53 heavy (non-hydrogen) atoms. The van der Waals surface area contributed by atoms with Crippen LogP contribution in [-0.4, -0.2) is 57.3 Å². The van der Waals surface area contributed by atoms with Crippen molar-refractivity contribution in [2.24, 2.45) is 0 Å². The van der Waals surface area contributed by atoms with E-state index in [9.17, 15) is 25.2 Å². The van der Waals surface area contributed by atoms with E-state index in [2.05, 4.69) is 19.2 Å². The standard InChI is InChI=1S/C47H95NO5/c1-3-5-7-9-11-13-15-17-19-21-22-23-25-26-28-30-32-34-36-38-40-44(50)46(52)43(42-49)48-47(53)45(51)41-39-37-35-33-31-29-27-24-20-18-16-14-12-10-8-6-4-2/h43-46,49-52H,3-42H2,1-2H3,(H,48,53). The summed E-state index contributed by atoms with van der Waals surface area (Å²) in [7, 11) is 0. The fourth-order valence-electron chi connectivity index (χ4n) is 7.76. The van der Waals surface area contributed by atoms with Gasteiger partial charge in [-0.3, -0.25) is 4.79 Å². The number of nitrogens with one attached hydrogen (secondary N) is 1. The lowest BCUT2D eigenvalue weighted by Gasteiger charge is -2.27. The second-order valence-electron chi connectivity index (χ2n) is 16.8. The highest BCUT2D eigenvalue weighted by atomic mass is 16.3. The molecule has 4 atom stereocenters. The van der Waals surface area contributed by atoms with Crippen LogP contribution < -0.4 is 5.32 Å². The van der Waals surface area contributed by atoms with Gasteiger partial charge in [-0.25, -0.2) is 0 Å². The van der Waals surface area contributed by atoms with Gasteiger partial charge in [0, 0.05) is 0 Å². The first-order valence-corrected chi connectivity index (χ1v) is 23.9. The molecule has 0 saturated heterocycles. The molecule has 5 N–H and O–H groups in total. The summed E-state index contributed by atoms with van der Waals surface area (Å²) in [4.78, 5) is 12.5. The Morgan fingerprint density at radius 3 is 0.906 bits per heavy atom. The van der Waals surface area contributed by atoms with E-state index in [1.54, 1.807) is 0 Å². The van der Waals surface area contributed by atoms with E-state index in [-0.39, 0.29) is 0 Å². The summed E-state index contributed by atoms with van der Waals surface area (Å²) in [6.07, 6.45) is 45.6. The normalized spacial score (nSPS) is 14.0. The van der Waals surface area contributed by atoms with Crippen LogP contribution in [0.5, 0.6) is 0 Å². The Bertz CT molecular complexity index is 721. The predicted octanol–water partition coefficient (Wildman–Crippen LogP) is 12.8. The van der Waals surface area contributed by atoms with Gasteiger partial charge >= 0.3 is 0 Å². The predicted molar refractivity (Wildman–Crippen MR) is 228 cm³/mol. The van der Waals surface area contributed by atoms with Crippen LogP contribution in [0.15, 0.2) is 0 Å². The zero-order valence-corrected chi connectivity index (χ0v) is 35.8. The van der Waals surface area contributed by atoms with Crippen LogP contribution in [0.4, 0.5) is 0 Å². The summed E-state index contributed by atoms with van der Waals surface area (Å²) in [5, 5.41) is 43.8. The minimum absolute atomic E-state index is 0.376. The maximum Gasteiger partial charge on any atom is 0.249 e. The van der Waals surface area contributed by atoms with E-state index < -0.39 is 36.9 Å². The molecule has 0 aliphatic heterocycles. The number of carbonyl (C=O) groups is 1. The van der Waals surface area contributed by atoms with E-state index in [1.165, 1.54) is 199 Å². The lowest BCUT2D eigenvalue weighted by molar-refractivity contribution is -0.132. The molecule has 0 saturated carbocycles. The average Bonchev–Trinajstić information content (AvgIpc) is 3.16. The zero-order valence-electron chi connectivity index (χ0n) is 35.8. The molecule has 0 aromatic heterocycles. The van der Waals surface area contributed by atoms with Crippen molar-refractivity contribution in [3.05, 3.63) is 0 Å². The fraction of sp³-hybridized carbons (Fsp3) is 0.979. The van der Waals surface area contributed by atoms with Crippen molar-refractivity contribution < 1.29 is 25.2 Å². The van der Waals surface area contributed by atoms with Gasteiger partial charge < -0.3 is 25.7 Å². The summed E-state index contributed by atoms with van der Waals surface area (Å²) in [6, 6.07) is -0.979. The molecule has 0 fully saturated rings. The molecule has 0 aliphatic rings. The van der Waals surface area contributed by atoms with Crippen molar-refractivity contribution in [2.45, 2.75) is 289 Å². The quantitative estimate of drug-likeness (QED) is 0.0398. The van der Waals surface area contributed by atoms with Gasteiger partial charge in [-0.1, -0.05) is 251 Å². The third-order valence-electron chi connectivity index (χ3n) is 11.6. The summed E-state index contributed by atoms with van der Waals surface area (Å²) in [6.45, 7) is 4.08. The third-order valence-corrected chi connectivity index (χ3v) is 11.6. The molecule has 0 aromatic rings. The summed E-state index contributed by atoms with van der Waals surface area (Å²) < 4.78 is 0. The van der Waals surface area contributed by atoms with Crippen LogP contribution in [0.25, 0.3) is 0 Å².